The van der Waals surface area contributed by atoms with E-state index < -0.39 is 0 Å². The number of nitrogens with zero attached hydrogens (tertiary/aromatic N) is 3. The highest BCUT2D eigenvalue weighted by Crippen LogP contribution is 2.24. The minimum Gasteiger partial charge on any atom is -0.354 e. The van der Waals surface area contributed by atoms with E-state index in [0.717, 1.165) is 12.2 Å². The zero-order valence-corrected chi connectivity index (χ0v) is 10.8. The third kappa shape index (κ3) is 2.81. The van der Waals surface area contributed by atoms with Crippen molar-refractivity contribution < 1.29 is 0 Å². The van der Waals surface area contributed by atoms with Gasteiger partial charge in [-0.25, -0.2) is 9.97 Å². The van der Waals surface area contributed by atoms with E-state index in [0.29, 0.717) is 11.0 Å². The number of anilines is 1. The largest absolute Gasteiger partial charge is 0.354 e. The van der Waals surface area contributed by atoms with Gasteiger partial charge in [-0.1, -0.05) is 18.5 Å². The Morgan fingerprint density at radius 1 is 1.40 bits per heavy atom. The summed E-state index contributed by atoms with van der Waals surface area (Å²) in [6.07, 6.45) is 1.05. The lowest BCUT2D eigenvalue weighted by atomic mass is 10.0. The summed E-state index contributed by atoms with van der Waals surface area (Å²) in [5, 5.41) is 0.497. The Hall–Kier alpha value is -0.830. The molecule has 1 heterocycles. The molecule has 0 saturated carbocycles. The molecule has 15 heavy (non-hydrogen) atoms. The Bertz CT molecular complexity index is 329. The van der Waals surface area contributed by atoms with Crippen LogP contribution in [-0.4, -0.2) is 22.6 Å². The number of rotatable bonds is 3. The predicted molar refractivity (Wildman–Crippen MR) is 64.6 cm³/mol. The lowest BCUT2D eigenvalue weighted by Gasteiger charge is -2.35. The molecule has 0 bridgehead atoms. The summed E-state index contributed by atoms with van der Waals surface area (Å²) in [6, 6.07) is 1.80. The number of aryl methyl sites for hydroxylation is 1. The highest BCUT2D eigenvalue weighted by molar-refractivity contribution is 6.29. The van der Waals surface area contributed by atoms with Crippen LogP contribution < -0.4 is 4.90 Å². The van der Waals surface area contributed by atoms with Crippen molar-refractivity contribution in [2.75, 3.05) is 11.9 Å². The van der Waals surface area contributed by atoms with Gasteiger partial charge in [0, 0.05) is 18.7 Å². The van der Waals surface area contributed by atoms with Gasteiger partial charge in [-0.15, -0.1) is 0 Å². The molecule has 0 unspecified atom stereocenters. The van der Waals surface area contributed by atoms with Crippen molar-refractivity contribution >= 4 is 17.4 Å². The Kier molecular flexibility index (Phi) is 3.55. The summed E-state index contributed by atoms with van der Waals surface area (Å²) >= 11 is 5.91. The third-order valence-corrected chi connectivity index (χ3v) is 3.10. The van der Waals surface area contributed by atoms with Crippen LogP contribution in [0.2, 0.25) is 5.15 Å². The van der Waals surface area contributed by atoms with Gasteiger partial charge in [-0.3, -0.25) is 0 Å². The molecule has 0 aliphatic rings. The minimum absolute atomic E-state index is 0.0735. The van der Waals surface area contributed by atoms with E-state index >= 15 is 0 Å². The van der Waals surface area contributed by atoms with Crippen LogP contribution in [-0.2, 0) is 0 Å². The normalized spacial score (nSPS) is 11.6. The first-order valence-corrected chi connectivity index (χ1v) is 5.49. The number of halogens is 1. The van der Waals surface area contributed by atoms with Crippen LogP contribution in [0.25, 0.3) is 0 Å². The van der Waals surface area contributed by atoms with Gasteiger partial charge in [-0.05, 0) is 27.2 Å². The molecule has 0 aromatic carbocycles. The van der Waals surface area contributed by atoms with Crippen molar-refractivity contribution in [1.29, 1.82) is 0 Å². The fourth-order valence-corrected chi connectivity index (χ4v) is 1.46. The first kappa shape index (κ1) is 12.2. The number of aromatic nitrogens is 2. The predicted octanol–water partition coefficient (Wildman–Crippen LogP) is 3.06. The smallest absolute Gasteiger partial charge is 0.134 e. The van der Waals surface area contributed by atoms with Gasteiger partial charge in [0.1, 0.15) is 16.8 Å². The topological polar surface area (TPSA) is 29.0 Å². The standard InChI is InChI=1S/C11H18ClN3/c1-6-11(3,4)15(5)10-7-9(12)13-8(2)14-10/h7H,6H2,1-5H3. The summed E-state index contributed by atoms with van der Waals surface area (Å²) in [4.78, 5) is 10.6. The SMILES string of the molecule is CCC(C)(C)N(C)c1cc(Cl)nc(C)n1. The summed E-state index contributed by atoms with van der Waals surface area (Å²) in [6.45, 7) is 8.37. The maximum Gasteiger partial charge on any atom is 0.134 e. The van der Waals surface area contributed by atoms with Crippen molar-refractivity contribution in [1.82, 2.24) is 9.97 Å². The van der Waals surface area contributed by atoms with E-state index in [1.165, 1.54) is 0 Å². The first-order valence-electron chi connectivity index (χ1n) is 5.12. The van der Waals surface area contributed by atoms with E-state index in [4.69, 9.17) is 11.6 Å². The van der Waals surface area contributed by atoms with Crippen LogP contribution in [0.4, 0.5) is 5.82 Å². The van der Waals surface area contributed by atoms with Crippen molar-refractivity contribution in [3.05, 3.63) is 17.0 Å². The van der Waals surface area contributed by atoms with Crippen LogP contribution in [0.1, 0.15) is 33.0 Å². The Balaban J connectivity index is 3.06. The summed E-state index contributed by atoms with van der Waals surface area (Å²) in [5.41, 5.74) is 0.0735. The maximum absolute atomic E-state index is 5.91. The molecular formula is C11H18ClN3. The summed E-state index contributed by atoms with van der Waals surface area (Å²) < 4.78 is 0. The molecule has 1 aromatic heterocycles. The second kappa shape index (κ2) is 4.35. The van der Waals surface area contributed by atoms with E-state index in [2.05, 4.69) is 35.6 Å². The van der Waals surface area contributed by atoms with Gasteiger partial charge < -0.3 is 4.90 Å². The fourth-order valence-electron chi connectivity index (χ4n) is 1.24. The second-order valence-electron chi connectivity index (χ2n) is 4.32. The van der Waals surface area contributed by atoms with Crippen molar-refractivity contribution in [2.45, 2.75) is 39.7 Å². The van der Waals surface area contributed by atoms with Crippen molar-refractivity contribution in [3.8, 4) is 0 Å². The van der Waals surface area contributed by atoms with Crippen molar-refractivity contribution in [2.24, 2.45) is 0 Å². The van der Waals surface area contributed by atoms with Gasteiger partial charge in [0.05, 0.1) is 0 Å². The fraction of sp³-hybridized carbons (Fsp3) is 0.636. The average Bonchev–Trinajstić information content (AvgIpc) is 2.15. The molecule has 4 heteroatoms. The van der Waals surface area contributed by atoms with Crippen LogP contribution in [0.3, 0.4) is 0 Å². The van der Waals surface area contributed by atoms with Crippen LogP contribution in [0.5, 0.6) is 0 Å². The first-order chi connectivity index (χ1) is 6.86. The van der Waals surface area contributed by atoms with Crippen LogP contribution in [0, 0.1) is 6.92 Å². The monoisotopic (exact) mass is 227 g/mol. The molecular weight excluding hydrogens is 210 g/mol. The quantitative estimate of drug-likeness (QED) is 0.744. The van der Waals surface area contributed by atoms with Crippen LogP contribution >= 0.6 is 11.6 Å². The number of hydrogen-bond acceptors (Lipinski definition) is 3. The Morgan fingerprint density at radius 3 is 2.47 bits per heavy atom. The van der Waals surface area contributed by atoms with Gasteiger partial charge in [0.25, 0.3) is 0 Å². The summed E-state index contributed by atoms with van der Waals surface area (Å²) in [7, 11) is 2.03. The molecule has 0 amide bonds. The Morgan fingerprint density at radius 2 is 2.00 bits per heavy atom. The zero-order chi connectivity index (χ0) is 11.6. The van der Waals surface area contributed by atoms with E-state index in [-0.39, 0.29) is 5.54 Å². The highest BCUT2D eigenvalue weighted by Gasteiger charge is 2.22. The lowest BCUT2D eigenvalue weighted by Crippen LogP contribution is -2.41. The van der Waals surface area contributed by atoms with E-state index in [1.54, 1.807) is 6.07 Å². The van der Waals surface area contributed by atoms with Gasteiger partial charge >= 0.3 is 0 Å². The highest BCUT2D eigenvalue weighted by atomic mass is 35.5. The Labute approximate surface area is 96.5 Å². The second-order valence-corrected chi connectivity index (χ2v) is 4.71. The van der Waals surface area contributed by atoms with Gasteiger partial charge in [0.2, 0.25) is 0 Å². The molecule has 3 nitrogen and oxygen atoms in total. The van der Waals surface area contributed by atoms with Crippen molar-refractivity contribution in [3.63, 3.8) is 0 Å². The average molecular weight is 228 g/mol. The molecule has 84 valence electrons. The third-order valence-electron chi connectivity index (χ3n) is 2.91. The molecule has 1 aromatic rings. The van der Waals surface area contributed by atoms with E-state index in [1.807, 2.05) is 14.0 Å². The molecule has 1 rings (SSSR count). The lowest BCUT2D eigenvalue weighted by molar-refractivity contribution is 0.467. The van der Waals surface area contributed by atoms with E-state index in [9.17, 15) is 0 Å². The maximum atomic E-state index is 5.91. The molecule has 0 fully saturated rings. The molecule has 0 atom stereocenters. The minimum atomic E-state index is 0.0735. The van der Waals surface area contributed by atoms with Gasteiger partial charge in [-0.2, -0.15) is 0 Å². The van der Waals surface area contributed by atoms with Crippen LogP contribution in [0.15, 0.2) is 6.07 Å². The molecule has 0 radical (unpaired) electrons. The molecule has 0 N–H and O–H groups in total. The molecule has 0 aliphatic heterocycles. The number of hydrogen-bond donors (Lipinski definition) is 0. The zero-order valence-electron chi connectivity index (χ0n) is 10.0. The van der Waals surface area contributed by atoms with Gasteiger partial charge in [0.15, 0.2) is 0 Å². The molecule has 0 saturated heterocycles. The summed E-state index contributed by atoms with van der Waals surface area (Å²) in [5.74, 6) is 1.58. The molecule has 0 aliphatic carbocycles. The molecule has 0 spiro atoms.